The van der Waals surface area contributed by atoms with Crippen molar-refractivity contribution in [2.24, 2.45) is 0 Å². The van der Waals surface area contributed by atoms with Crippen LogP contribution in [0, 0.1) is 0 Å². The summed E-state index contributed by atoms with van der Waals surface area (Å²) in [6.45, 7) is 2.41. The van der Waals surface area contributed by atoms with Crippen molar-refractivity contribution in [1.82, 2.24) is 15.3 Å². The molecule has 106 valence electrons. The third-order valence-electron chi connectivity index (χ3n) is 2.60. The van der Waals surface area contributed by atoms with E-state index in [2.05, 4.69) is 15.3 Å². The minimum atomic E-state index is -0.0487. The monoisotopic (exact) mass is 291 g/mol. The van der Waals surface area contributed by atoms with Crippen molar-refractivity contribution in [3.05, 3.63) is 35.5 Å². The number of hydrogen-bond acceptors (Lipinski definition) is 5. The molecular formula is C14H17N3O2S. The van der Waals surface area contributed by atoms with E-state index in [4.69, 9.17) is 4.74 Å². The van der Waals surface area contributed by atoms with E-state index < -0.39 is 0 Å². The number of methoxy groups -OCH3 is 1. The van der Waals surface area contributed by atoms with Gasteiger partial charge in [-0.15, -0.1) is 11.3 Å². The topological polar surface area (TPSA) is 64.1 Å². The Morgan fingerprint density at radius 3 is 3.05 bits per heavy atom. The van der Waals surface area contributed by atoms with Crippen LogP contribution < -0.4 is 5.32 Å². The first kappa shape index (κ1) is 14.6. The van der Waals surface area contributed by atoms with Gasteiger partial charge >= 0.3 is 0 Å². The average Bonchev–Trinajstić information content (AvgIpc) is 2.88. The molecule has 0 unspecified atom stereocenters. The molecule has 0 bridgehead atoms. The van der Waals surface area contributed by atoms with Crippen molar-refractivity contribution in [2.45, 2.75) is 19.4 Å². The Morgan fingerprint density at radius 2 is 2.35 bits per heavy atom. The maximum absolute atomic E-state index is 11.8. The molecule has 1 N–H and O–H groups in total. The van der Waals surface area contributed by atoms with E-state index in [1.54, 1.807) is 13.3 Å². The Kier molecular flexibility index (Phi) is 5.20. The summed E-state index contributed by atoms with van der Waals surface area (Å²) in [5, 5.41) is 5.59. The quantitative estimate of drug-likeness (QED) is 0.883. The Hall–Kier alpha value is -1.79. The second kappa shape index (κ2) is 7.12. The maximum Gasteiger partial charge on any atom is 0.226 e. The maximum atomic E-state index is 11.8. The summed E-state index contributed by atoms with van der Waals surface area (Å²) in [6.07, 6.45) is 2.01. The highest BCUT2D eigenvalue weighted by Crippen LogP contribution is 2.21. The molecule has 1 atom stereocenters. The molecular weight excluding hydrogens is 274 g/mol. The van der Waals surface area contributed by atoms with Crippen molar-refractivity contribution in [3.63, 3.8) is 0 Å². The Morgan fingerprint density at radius 1 is 1.50 bits per heavy atom. The van der Waals surface area contributed by atoms with Gasteiger partial charge in [0.2, 0.25) is 5.91 Å². The van der Waals surface area contributed by atoms with Crippen LogP contribution in [-0.2, 0) is 16.0 Å². The Labute approximate surface area is 122 Å². The zero-order valence-corrected chi connectivity index (χ0v) is 12.3. The van der Waals surface area contributed by atoms with E-state index in [0.29, 0.717) is 6.61 Å². The zero-order chi connectivity index (χ0) is 14.4. The van der Waals surface area contributed by atoms with E-state index in [-0.39, 0.29) is 18.4 Å². The molecule has 0 saturated carbocycles. The lowest BCUT2D eigenvalue weighted by molar-refractivity contribution is -0.121. The molecule has 0 saturated heterocycles. The summed E-state index contributed by atoms with van der Waals surface area (Å²) in [6, 6.07) is 5.69. The molecule has 5 nitrogen and oxygen atoms in total. The number of carbonyl (C=O) groups is 1. The van der Waals surface area contributed by atoms with Gasteiger partial charge in [-0.2, -0.15) is 0 Å². The smallest absolute Gasteiger partial charge is 0.226 e. The number of hydrogen-bond donors (Lipinski definition) is 1. The van der Waals surface area contributed by atoms with E-state index >= 15 is 0 Å². The van der Waals surface area contributed by atoms with Crippen LogP contribution in [0.5, 0.6) is 0 Å². The summed E-state index contributed by atoms with van der Waals surface area (Å²) in [4.78, 5) is 20.5. The first-order valence-electron chi connectivity index (χ1n) is 6.33. The lowest BCUT2D eigenvalue weighted by Crippen LogP contribution is -2.36. The molecule has 6 heteroatoms. The predicted octanol–water partition coefficient (Wildman–Crippen LogP) is 1.90. The van der Waals surface area contributed by atoms with Crippen LogP contribution in [-0.4, -0.2) is 35.6 Å². The molecule has 0 aromatic carbocycles. The SMILES string of the molecule is COC[C@H](C)NC(=O)Cc1csc(-c2ccccn2)n1. The lowest BCUT2D eigenvalue weighted by Gasteiger charge is -2.11. The molecule has 0 radical (unpaired) electrons. The molecule has 2 rings (SSSR count). The highest BCUT2D eigenvalue weighted by molar-refractivity contribution is 7.13. The predicted molar refractivity (Wildman–Crippen MR) is 78.5 cm³/mol. The summed E-state index contributed by atoms with van der Waals surface area (Å²) >= 11 is 1.50. The minimum Gasteiger partial charge on any atom is -0.383 e. The second-order valence-corrected chi connectivity index (χ2v) is 5.32. The minimum absolute atomic E-state index is 0.00129. The molecule has 0 fully saturated rings. The number of nitrogens with zero attached hydrogens (tertiary/aromatic N) is 2. The first-order valence-corrected chi connectivity index (χ1v) is 7.21. The third kappa shape index (κ3) is 4.11. The number of rotatable bonds is 6. The van der Waals surface area contributed by atoms with Crippen molar-refractivity contribution in [1.29, 1.82) is 0 Å². The Bertz CT molecular complexity index is 557. The molecule has 0 aliphatic rings. The largest absolute Gasteiger partial charge is 0.383 e. The van der Waals surface area contributed by atoms with Gasteiger partial charge in [0.1, 0.15) is 5.01 Å². The fourth-order valence-electron chi connectivity index (χ4n) is 1.78. The number of pyridine rings is 1. The van der Waals surface area contributed by atoms with Gasteiger partial charge in [0, 0.05) is 24.7 Å². The highest BCUT2D eigenvalue weighted by Gasteiger charge is 2.11. The molecule has 0 aliphatic heterocycles. The molecule has 0 aliphatic carbocycles. The van der Waals surface area contributed by atoms with Crippen LogP contribution in [0.15, 0.2) is 29.8 Å². The van der Waals surface area contributed by atoms with E-state index in [1.165, 1.54) is 11.3 Å². The van der Waals surface area contributed by atoms with Crippen LogP contribution in [0.1, 0.15) is 12.6 Å². The normalized spacial score (nSPS) is 12.1. The van der Waals surface area contributed by atoms with Crippen molar-refractivity contribution in [2.75, 3.05) is 13.7 Å². The van der Waals surface area contributed by atoms with Gasteiger partial charge in [0.15, 0.2) is 0 Å². The van der Waals surface area contributed by atoms with Crippen LogP contribution in [0.25, 0.3) is 10.7 Å². The number of thiazole rings is 1. The molecule has 2 heterocycles. The van der Waals surface area contributed by atoms with Crippen molar-refractivity contribution >= 4 is 17.2 Å². The summed E-state index contributed by atoms with van der Waals surface area (Å²) in [5.74, 6) is -0.0487. The second-order valence-electron chi connectivity index (χ2n) is 4.46. The number of carbonyl (C=O) groups excluding carboxylic acids is 1. The number of nitrogens with one attached hydrogen (secondary N) is 1. The van der Waals surface area contributed by atoms with Crippen LogP contribution in [0.3, 0.4) is 0 Å². The Balaban J connectivity index is 1.95. The van der Waals surface area contributed by atoms with Gasteiger partial charge in [0.25, 0.3) is 0 Å². The zero-order valence-electron chi connectivity index (χ0n) is 11.5. The molecule has 20 heavy (non-hydrogen) atoms. The van der Waals surface area contributed by atoms with E-state index in [1.807, 2.05) is 30.5 Å². The summed E-state index contributed by atoms with van der Waals surface area (Å²) < 4.78 is 4.98. The van der Waals surface area contributed by atoms with Gasteiger partial charge in [-0.05, 0) is 19.1 Å². The first-order chi connectivity index (χ1) is 9.69. The van der Waals surface area contributed by atoms with Crippen molar-refractivity contribution in [3.8, 4) is 10.7 Å². The van der Waals surface area contributed by atoms with Gasteiger partial charge in [-0.25, -0.2) is 4.98 Å². The molecule has 1 amide bonds. The molecule has 2 aromatic heterocycles. The van der Waals surface area contributed by atoms with E-state index in [9.17, 15) is 4.79 Å². The van der Waals surface area contributed by atoms with Crippen molar-refractivity contribution < 1.29 is 9.53 Å². The number of ether oxygens (including phenoxy) is 1. The lowest BCUT2D eigenvalue weighted by atomic mass is 10.3. The van der Waals surface area contributed by atoms with Crippen LogP contribution in [0.2, 0.25) is 0 Å². The summed E-state index contributed by atoms with van der Waals surface area (Å²) in [7, 11) is 1.61. The molecule has 0 spiro atoms. The van der Waals surface area contributed by atoms with Crippen LogP contribution in [0.4, 0.5) is 0 Å². The van der Waals surface area contributed by atoms with Gasteiger partial charge in [0.05, 0.1) is 24.4 Å². The number of aromatic nitrogens is 2. The standard InChI is InChI=1S/C14H17N3O2S/c1-10(8-19-2)16-13(18)7-11-9-20-14(17-11)12-5-3-4-6-15-12/h3-6,9-10H,7-8H2,1-2H3,(H,16,18)/t10-/m0/s1. The van der Waals surface area contributed by atoms with E-state index in [0.717, 1.165) is 16.4 Å². The fraction of sp³-hybridized carbons (Fsp3) is 0.357. The third-order valence-corrected chi connectivity index (χ3v) is 3.52. The highest BCUT2D eigenvalue weighted by atomic mass is 32.1. The van der Waals surface area contributed by atoms with Gasteiger partial charge < -0.3 is 10.1 Å². The number of amides is 1. The van der Waals surface area contributed by atoms with Gasteiger partial charge in [-0.1, -0.05) is 6.07 Å². The fourth-order valence-corrected chi connectivity index (χ4v) is 2.57. The van der Waals surface area contributed by atoms with Gasteiger partial charge in [-0.3, -0.25) is 9.78 Å². The molecule has 2 aromatic rings. The summed E-state index contributed by atoms with van der Waals surface area (Å²) in [5.41, 5.74) is 1.59. The van der Waals surface area contributed by atoms with Crippen LogP contribution >= 0.6 is 11.3 Å². The average molecular weight is 291 g/mol.